The van der Waals surface area contributed by atoms with Crippen LogP contribution in [-0.2, 0) is 4.79 Å². The van der Waals surface area contributed by atoms with Gasteiger partial charge in [0, 0.05) is 30.0 Å². The summed E-state index contributed by atoms with van der Waals surface area (Å²) in [5.41, 5.74) is 4.17. The van der Waals surface area contributed by atoms with E-state index in [2.05, 4.69) is 10.6 Å². The Labute approximate surface area is 248 Å². The number of likely N-dealkylation sites (tertiary alicyclic amines) is 1. The number of piperidine rings is 1. The van der Waals surface area contributed by atoms with Crippen molar-refractivity contribution in [2.24, 2.45) is 5.92 Å². The lowest BCUT2D eigenvalue weighted by molar-refractivity contribution is -0.123. The molecular formula is C35H42FN3O3. The second kappa shape index (κ2) is 13.0. The van der Waals surface area contributed by atoms with Gasteiger partial charge in [-0.25, -0.2) is 4.39 Å². The summed E-state index contributed by atoms with van der Waals surface area (Å²) < 4.78 is 20.9. The number of aryl methyl sites for hydroxylation is 2. The van der Waals surface area contributed by atoms with Crippen molar-refractivity contribution in [3.05, 3.63) is 88.7 Å². The molecule has 5 rings (SSSR count). The maximum Gasteiger partial charge on any atom is 0.257 e. The Balaban J connectivity index is 1.46. The minimum absolute atomic E-state index is 0.00455. The van der Waals surface area contributed by atoms with Gasteiger partial charge in [-0.3, -0.25) is 9.59 Å². The number of anilines is 2. The number of carbonyl (C=O) groups excluding carboxylic acids is 2. The van der Waals surface area contributed by atoms with E-state index in [1.807, 2.05) is 63.2 Å². The van der Waals surface area contributed by atoms with Crippen molar-refractivity contribution in [2.75, 3.05) is 17.2 Å². The number of carbonyl (C=O) groups is 2. The molecule has 7 heteroatoms. The van der Waals surface area contributed by atoms with E-state index in [1.165, 1.54) is 31.7 Å². The number of amides is 2. The maximum absolute atomic E-state index is 15.0. The van der Waals surface area contributed by atoms with Crippen LogP contribution in [0.5, 0.6) is 5.75 Å². The highest BCUT2D eigenvalue weighted by molar-refractivity contribution is 5.98. The third kappa shape index (κ3) is 6.61. The van der Waals surface area contributed by atoms with Crippen molar-refractivity contribution >= 4 is 23.2 Å². The van der Waals surface area contributed by atoms with Crippen molar-refractivity contribution in [1.29, 1.82) is 0 Å². The molecule has 1 aliphatic carbocycles. The zero-order valence-electron chi connectivity index (χ0n) is 25.1. The fourth-order valence-electron chi connectivity index (χ4n) is 6.33. The molecule has 2 atom stereocenters. The zero-order chi connectivity index (χ0) is 29.8. The van der Waals surface area contributed by atoms with Gasteiger partial charge in [0.1, 0.15) is 11.6 Å². The maximum atomic E-state index is 15.0. The first-order chi connectivity index (χ1) is 20.2. The summed E-state index contributed by atoms with van der Waals surface area (Å²) in [6.07, 6.45) is 6.08. The number of ether oxygens (including phenoxy) is 1. The smallest absolute Gasteiger partial charge is 0.257 e. The molecule has 2 fully saturated rings. The van der Waals surface area contributed by atoms with Gasteiger partial charge < -0.3 is 20.3 Å². The van der Waals surface area contributed by atoms with Gasteiger partial charge in [0.2, 0.25) is 5.91 Å². The van der Waals surface area contributed by atoms with Crippen LogP contribution in [-0.4, -0.2) is 35.4 Å². The summed E-state index contributed by atoms with van der Waals surface area (Å²) in [5.74, 6) is -0.891. The number of rotatable bonds is 8. The van der Waals surface area contributed by atoms with E-state index in [1.54, 1.807) is 24.0 Å². The van der Waals surface area contributed by atoms with Crippen LogP contribution in [0, 0.1) is 25.6 Å². The molecule has 2 amide bonds. The minimum atomic E-state index is -0.543. The van der Waals surface area contributed by atoms with E-state index in [4.69, 9.17) is 4.74 Å². The second-order valence-electron chi connectivity index (χ2n) is 12.0. The molecule has 1 aliphatic heterocycles. The molecule has 2 aliphatic rings. The fourth-order valence-corrected chi connectivity index (χ4v) is 6.33. The lowest BCUT2D eigenvalue weighted by Crippen LogP contribution is -2.46. The molecule has 222 valence electrons. The lowest BCUT2D eigenvalue weighted by atomic mass is 9.83. The molecular weight excluding hydrogens is 529 g/mol. The standard InChI is InChI=1S/C35H42FN3O3/c1-22(2)42-31-21-28(17-14-23(31)3)38-34(40)29-12-8-20-39(35(41)32-24(4)9-7-13-30(32)36)33(29)25-15-18-27(19-16-25)37-26-10-5-6-11-26/h7,9,13-19,21-22,26,29,33,37H,5-6,8,10-12,20H2,1-4H3,(H,38,40). The number of benzene rings is 3. The number of hydrogen-bond acceptors (Lipinski definition) is 4. The van der Waals surface area contributed by atoms with Gasteiger partial charge in [-0.2, -0.15) is 0 Å². The fraction of sp³-hybridized carbons (Fsp3) is 0.429. The highest BCUT2D eigenvalue weighted by Gasteiger charge is 2.40. The SMILES string of the molecule is Cc1ccc(NC(=O)C2CCCN(C(=O)c3c(C)cccc3F)C2c2ccc(NC3CCCC3)cc2)cc1OC(C)C. The molecule has 2 N–H and O–H groups in total. The Morgan fingerprint density at radius 1 is 0.905 bits per heavy atom. The summed E-state index contributed by atoms with van der Waals surface area (Å²) >= 11 is 0. The Morgan fingerprint density at radius 3 is 2.31 bits per heavy atom. The van der Waals surface area contributed by atoms with E-state index in [-0.39, 0.29) is 23.5 Å². The first kappa shape index (κ1) is 29.6. The van der Waals surface area contributed by atoms with Gasteiger partial charge in [0.15, 0.2) is 0 Å². The molecule has 3 aromatic carbocycles. The largest absolute Gasteiger partial charge is 0.491 e. The number of nitrogens with zero attached hydrogens (tertiary/aromatic N) is 1. The third-order valence-electron chi connectivity index (χ3n) is 8.46. The molecule has 1 saturated carbocycles. The Hall–Kier alpha value is -3.87. The van der Waals surface area contributed by atoms with Crippen LogP contribution in [0.1, 0.15) is 85.5 Å². The Kier molecular flexibility index (Phi) is 9.15. The highest BCUT2D eigenvalue weighted by atomic mass is 19.1. The van der Waals surface area contributed by atoms with Gasteiger partial charge in [-0.05, 0) is 94.3 Å². The summed E-state index contributed by atoms with van der Waals surface area (Å²) in [6.45, 7) is 8.10. The number of halogens is 1. The van der Waals surface area contributed by atoms with E-state index >= 15 is 0 Å². The van der Waals surface area contributed by atoms with Gasteiger partial charge in [-0.1, -0.05) is 43.2 Å². The number of nitrogens with one attached hydrogen (secondary N) is 2. The lowest BCUT2D eigenvalue weighted by Gasteiger charge is -2.41. The quantitative estimate of drug-likeness (QED) is 0.289. The van der Waals surface area contributed by atoms with Gasteiger partial charge in [-0.15, -0.1) is 0 Å². The summed E-state index contributed by atoms with van der Waals surface area (Å²) in [4.78, 5) is 29.6. The predicted octanol–water partition coefficient (Wildman–Crippen LogP) is 7.82. The third-order valence-corrected chi connectivity index (χ3v) is 8.46. The second-order valence-corrected chi connectivity index (χ2v) is 12.0. The van der Waals surface area contributed by atoms with E-state index < -0.39 is 17.8 Å². The van der Waals surface area contributed by atoms with Crippen LogP contribution in [0.15, 0.2) is 60.7 Å². The zero-order valence-corrected chi connectivity index (χ0v) is 25.1. The molecule has 42 heavy (non-hydrogen) atoms. The molecule has 1 heterocycles. The van der Waals surface area contributed by atoms with Crippen molar-refractivity contribution < 1.29 is 18.7 Å². The molecule has 2 unspecified atom stereocenters. The first-order valence-electron chi connectivity index (χ1n) is 15.2. The molecule has 0 spiro atoms. The van der Waals surface area contributed by atoms with Crippen LogP contribution >= 0.6 is 0 Å². The van der Waals surface area contributed by atoms with Crippen LogP contribution in [0.4, 0.5) is 15.8 Å². The van der Waals surface area contributed by atoms with Crippen LogP contribution in [0.25, 0.3) is 0 Å². The first-order valence-corrected chi connectivity index (χ1v) is 15.2. The van der Waals surface area contributed by atoms with Gasteiger partial charge in [0.05, 0.1) is 23.6 Å². The topological polar surface area (TPSA) is 70.7 Å². The molecule has 0 bridgehead atoms. The Morgan fingerprint density at radius 2 is 1.62 bits per heavy atom. The molecule has 6 nitrogen and oxygen atoms in total. The summed E-state index contributed by atoms with van der Waals surface area (Å²) in [5, 5.41) is 6.70. The van der Waals surface area contributed by atoms with E-state index in [0.29, 0.717) is 36.7 Å². The van der Waals surface area contributed by atoms with Gasteiger partial charge in [0.25, 0.3) is 5.91 Å². The van der Waals surface area contributed by atoms with E-state index in [9.17, 15) is 14.0 Å². The van der Waals surface area contributed by atoms with Crippen molar-refractivity contribution in [1.82, 2.24) is 4.90 Å². The highest BCUT2D eigenvalue weighted by Crippen LogP contribution is 2.39. The van der Waals surface area contributed by atoms with Crippen molar-refractivity contribution in [3.8, 4) is 5.75 Å². The van der Waals surface area contributed by atoms with Crippen molar-refractivity contribution in [2.45, 2.75) is 84.4 Å². The molecule has 1 saturated heterocycles. The average molecular weight is 572 g/mol. The Bertz CT molecular complexity index is 1400. The molecule has 0 radical (unpaired) electrons. The van der Waals surface area contributed by atoms with Crippen LogP contribution < -0.4 is 15.4 Å². The average Bonchev–Trinajstić information content (AvgIpc) is 3.47. The predicted molar refractivity (Wildman–Crippen MR) is 166 cm³/mol. The summed E-state index contributed by atoms with van der Waals surface area (Å²) in [7, 11) is 0. The minimum Gasteiger partial charge on any atom is -0.491 e. The van der Waals surface area contributed by atoms with Crippen LogP contribution in [0.3, 0.4) is 0 Å². The molecule has 3 aromatic rings. The number of hydrogen-bond donors (Lipinski definition) is 2. The normalized spacial score (nSPS) is 19.1. The van der Waals surface area contributed by atoms with Crippen molar-refractivity contribution in [3.63, 3.8) is 0 Å². The summed E-state index contributed by atoms with van der Waals surface area (Å²) in [6, 6.07) is 18.3. The molecule has 0 aromatic heterocycles. The van der Waals surface area contributed by atoms with Gasteiger partial charge >= 0.3 is 0 Å². The van der Waals surface area contributed by atoms with E-state index in [0.717, 1.165) is 22.6 Å². The monoisotopic (exact) mass is 571 g/mol. The van der Waals surface area contributed by atoms with Crippen LogP contribution in [0.2, 0.25) is 0 Å².